The average Bonchev–Trinajstić information content (AvgIpc) is 3.10. The van der Waals surface area contributed by atoms with Gasteiger partial charge in [-0.3, -0.25) is 15.2 Å². The fourth-order valence-corrected chi connectivity index (χ4v) is 3.16. The Morgan fingerprint density at radius 1 is 1.26 bits per heavy atom. The van der Waals surface area contributed by atoms with Gasteiger partial charge in [-0.2, -0.15) is 5.10 Å². The van der Waals surface area contributed by atoms with E-state index in [1.165, 1.54) is 29.7 Å². The number of H-pyrrole nitrogens is 1. The minimum absolute atomic E-state index is 0.255. The van der Waals surface area contributed by atoms with E-state index < -0.39 is 0 Å². The molecule has 1 aliphatic rings. The predicted octanol–water partition coefficient (Wildman–Crippen LogP) is 3.37. The molecule has 1 saturated carbocycles. The highest BCUT2D eigenvalue weighted by molar-refractivity contribution is 7.15. The SMILES string of the molecule is Cc1ccc(-c2cc(C(=O)Nc3nnc(C4CC4)s3)[nH]n2)cc1. The molecule has 0 saturated heterocycles. The van der Waals surface area contributed by atoms with E-state index in [9.17, 15) is 4.79 Å². The Labute approximate surface area is 137 Å². The quantitative estimate of drug-likeness (QED) is 0.770. The van der Waals surface area contributed by atoms with Crippen molar-refractivity contribution in [1.29, 1.82) is 0 Å². The summed E-state index contributed by atoms with van der Waals surface area (Å²) in [6.45, 7) is 2.03. The second-order valence-corrected chi connectivity index (χ2v) is 6.72. The molecule has 116 valence electrons. The molecule has 0 spiro atoms. The number of hydrogen-bond donors (Lipinski definition) is 2. The van der Waals surface area contributed by atoms with Gasteiger partial charge in [0.15, 0.2) is 0 Å². The Balaban J connectivity index is 1.48. The molecule has 1 aromatic carbocycles. The number of aromatic nitrogens is 4. The third kappa shape index (κ3) is 3.00. The number of rotatable bonds is 4. The molecule has 0 atom stereocenters. The Kier molecular flexibility index (Phi) is 3.42. The van der Waals surface area contributed by atoms with Crippen LogP contribution in [0.15, 0.2) is 30.3 Å². The fraction of sp³-hybridized carbons (Fsp3) is 0.250. The van der Waals surface area contributed by atoms with Crippen LogP contribution in [-0.4, -0.2) is 26.3 Å². The maximum absolute atomic E-state index is 12.3. The third-order valence-corrected chi connectivity index (χ3v) is 4.76. The highest BCUT2D eigenvalue weighted by atomic mass is 32.1. The average molecular weight is 325 g/mol. The number of nitrogens with one attached hydrogen (secondary N) is 2. The minimum atomic E-state index is -0.255. The van der Waals surface area contributed by atoms with Crippen molar-refractivity contribution in [3.8, 4) is 11.3 Å². The molecule has 0 radical (unpaired) electrons. The first kappa shape index (κ1) is 14.1. The minimum Gasteiger partial charge on any atom is -0.295 e. The monoisotopic (exact) mass is 325 g/mol. The summed E-state index contributed by atoms with van der Waals surface area (Å²) in [5.41, 5.74) is 3.30. The van der Waals surface area contributed by atoms with Gasteiger partial charge in [-0.25, -0.2) is 0 Å². The number of carbonyl (C=O) groups excluding carboxylic acids is 1. The van der Waals surface area contributed by atoms with Crippen molar-refractivity contribution in [2.45, 2.75) is 25.7 Å². The molecule has 0 unspecified atom stereocenters. The largest absolute Gasteiger partial charge is 0.295 e. The van der Waals surface area contributed by atoms with Crippen LogP contribution in [-0.2, 0) is 0 Å². The van der Waals surface area contributed by atoms with Gasteiger partial charge in [0.2, 0.25) is 5.13 Å². The first-order valence-electron chi connectivity index (χ1n) is 7.46. The van der Waals surface area contributed by atoms with Crippen LogP contribution in [0.1, 0.15) is 39.8 Å². The van der Waals surface area contributed by atoms with Crippen LogP contribution in [0.4, 0.5) is 5.13 Å². The fourth-order valence-electron chi connectivity index (χ4n) is 2.26. The van der Waals surface area contributed by atoms with Crippen LogP contribution in [0.2, 0.25) is 0 Å². The molecule has 0 bridgehead atoms. The Hall–Kier alpha value is -2.54. The van der Waals surface area contributed by atoms with E-state index in [0.717, 1.165) is 16.3 Å². The molecule has 1 fully saturated rings. The molecule has 23 heavy (non-hydrogen) atoms. The van der Waals surface area contributed by atoms with E-state index in [1.54, 1.807) is 6.07 Å². The highest BCUT2D eigenvalue weighted by Crippen LogP contribution is 2.42. The zero-order valence-corrected chi connectivity index (χ0v) is 13.4. The van der Waals surface area contributed by atoms with Crippen molar-refractivity contribution < 1.29 is 4.79 Å². The number of hydrogen-bond acceptors (Lipinski definition) is 5. The standard InChI is InChI=1S/C16H15N5OS/c1-9-2-4-10(5-3-9)12-8-13(19-18-12)14(22)17-16-21-20-15(23-16)11-6-7-11/h2-5,8,11H,6-7H2,1H3,(H,18,19)(H,17,21,22). The van der Waals surface area contributed by atoms with Crippen LogP contribution in [0, 0.1) is 6.92 Å². The van der Waals surface area contributed by atoms with E-state index >= 15 is 0 Å². The summed E-state index contributed by atoms with van der Waals surface area (Å²) in [7, 11) is 0. The molecule has 4 rings (SSSR count). The summed E-state index contributed by atoms with van der Waals surface area (Å²) >= 11 is 1.44. The van der Waals surface area contributed by atoms with Gasteiger partial charge in [-0.15, -0.1) is 10.2 Å². The van der Waals surface area contributed by atoms with E-state index in [0.29, 0.717) is 16.7 Å². The smallest absolute Gasteiger partial charge is 0.275 e. The second-order valence-electron chi connectivity index (χ2n) is 5.71. The maximum atomic E-state index is 12.3. The zero-order chi connectivity index (χ0) is 15.8. The highest BCUT2D eigenvalue weighted by Gasteiger charge is 2.27. The number of aromatic amines is 1. The molecule has 2 heterocycles. The Bertz CT molecular complexity index is 847. The zero-order valence-electron chi connectivity index (χ0n) is 12.5. The lowest BCUT2D eigenvalue weighted by Gasteiger charge is -1.97. The number of carbonyl (C=O) groups is 1. The number of amides is 1. The lowest BCUT2D eigenvalue weighted by Crippen LogP contribution is -2.12. The summed E-state index contributed by atoms with van der Waals surface area (Å²) in [6, 6.07) is 9.75. The molecule has 1 aliphatic carbocycles. The van der Waals surface area contributed by atoms with Gasteiger partial charge in [-0.05, 0) is 25.8 Å². The number of aryl methyl sites for hydroxylation is 1. The van der Waals surface area contributed by atoms with Gasteiger partial charge in [0.25, 0.3) is 5.91 Å². The number of anilines is 1. The van der Waals surface area contributed by atoms with Crippen molar-refractivity contribution in [3.05, 3.63) is 46.6 Å². The molecular formula is C16H15N5OS. The lowest BCUT2D eigenvalue weighted by atomic mass is 10.1. The van der Waals surface area contributed by atoms with Crippen LogP contribution >= 0.6 is 11.3 Å². The van der Waals surface area contributed by atoms with Gasteiger partial charge in [-0.1, -0.05) is 41.2 Å². The van der Waals surface area contributed by atoms with Gasteiger partial charge < -0.3 is 0 Å². The lowest BCUT2D eigenvalue weighted by molar-refractivity contribution is 0.102. The molecule has 7 heteroatoms. The van der Waals surface area contributed by atoms with Crippen molar-refractivity contribution in [1.82, 2.24) is 20.4 Å². The molecule has 0 aliphatic heterocycles. The van der Waals surface area contributed by atoms with Crippen LogP contribution in [0.3, 0.4) is 0 Å². The Morgan fingerprint density at radius 2 is 2.04 bits per heavy atom. The van der Waals surface area contributed by atoms with Crippen LogP contribution in [0.25, 0.3) is 11.3 Å². The predicted molar refractivity (Wildman–Crippen MR) is 88.6 cm³/mol. The normalized spacial score (nSPS) is 14.0. The van der Waals surface area contributed by atoms with Gasteiger partial charge >= 0.3 is 0 Å². The second kappa shape index (κ2) is 5.58. The summed E-state index contributed by atoms with van der Waals surface area (Å²) < 4.78 is 0. The molecule has 2 aromatic heterocycles. The molecular weight excluding hydrogens is 310 g/mol. The molecule has 2 N–H and O–H groups in total. The van der Waals surface area contributed by atoms with Crippen molar-refractivity contribution in [2.75, 3.05) is 5.32 Å². The van der Waals surface area contributed by atoms with Gasteiger partial charge in [0.1, 0.15) is 10.7 Å². The third-order valence-electron chi connectivity index (χ3n) is 3.76. The van der Waals surface area contributed by atoms with Gasteiger partial charge in [0, 0.05) is 11.5 Å². The van der Waals surface area contributed by atoms with E-state index in [-0.39, 0.29) is 5.91 Å². The molecule has 6 nitrogen and oxygen atoms in total. The molecule has 3 aromatic rings. The van der Waals surface area contributed by atoms with E-state index in [2.05, 4.69) is 25.7 Å². The number of nitrogens with zero attached hydrogens (tertiary/aromatic N) is 3. The van der Waals surface area contributed by atoms with Crippen molar-refractivity contribution >= 4 is 22.4 Å². The summed E-state index contributed by atoms with van der Waals surface area (Å²) in [5, 5.41) is 19.4. The molecule has 1 amide bonds. The first-order chi connectivity index (χ1) is 11.2. The summed E-state index contributed by atoms with van der Waals surface area (Å²) in [4.78, 5) is 12.3. The van der Waals surface area contributed by atoms with Crippen LogP contribution in [0.5, 0.6) is 0 Å². The van der Waals surface area contributed by atoms with E-state index in [4.69, 9.17) is 0 Å². The summed E-state index contributed by atoms with van der Waals surface area (Å²) in [6.07, 6.45) is 2.34. The maximum Gasteiger partial charge on any atom is 0.275 e. The van der Waals surface area contributed by atoms with Gasteiger partial charge in [0.05, 0.1) is 5.69 Å². The van der Waals surface area contributed by atoms with Crippen molar-refractivity contribution in [3.63, 3.8) is 0 Å². The Morgan fingerprint density at radius 3 is 2.78 bits per heavy atom. The topological polar surface area (TPSA) is 83.6 Å². The van der Waals surface area contributed by atoms with E-state index in [1.807, 2.05) is 31.2 Å². The number of benzene rings is 1. The first-order valence-corrected chi connectivity index (χ1v) is 8.28. The summed E-state index contributed by atoms with van der Waals surface area (Å²) in [5.74, 6) is 0.285. The van der Waals surface area contributed by atoms with Crippen LogP contribution < -0.4 is 5.32 Å². The van der Waals surface area contributed by atoms with Crippen molar-refractivity contribution in [2.24, 2.45) is 0 Å².